The second-order valence-corrected chi connectivity index (χ2v) is 16.4. The predicted molar refractivity (Wildman–Crippen MR) is 237 cm³/mol. The highest BCUT2D eigenvalue weighted by molar-refractivity contribution is 6.15. The molecule has 13 nitrogen and oxygen atoms in total. The molecule has 5 aromatic rings. The van der Waals surface area contributed by atoms with Crippen LogP contribution in [0.4, 0.5) is 28.4 Å². The highest BCUT2D eigenvalue weighted by Gasteiger charge is 2.40. The Labute approximate surface area is 360 Å². The van der Waals surface area contributed by atoms with Gasteiger partial charge < -0.3 is 43.5 Å². The lowest BCUT2D eigenvalue weighted by atomic mass is 10.1. The summed E-state index contributed by atoms with van der Waals surface area (Å²) in [6.07, 6.45) is 5.17. The van der Waals surface area contributed by atoms with E-state index in [0.717, 1.165) is 65.2 Å². The quantitative estimate of drug-likeness (QED) is 0.0878. The highest BCUT2D eigenvalue weighted by atomic mass is 16.8. The van der Waals surface area contributed by atoms with Crippen LogP contribution in [-0.4, -0.2) is 84.0 Å². The number of hydrogen-bond donors (Lipinski definition) is 1. The Kier molecular flexibility index (Phi) is 10.4. The van der Waals surface area contributed by atoms with E-state index in [0.29, 0.717) is 52.8 Å². The van der Waals surface area contributed by atoms with Gasteiger partial charge in [0.15, 0.2) is 29.3 Å². The summed E-state index contributed by atoms with van der Waals surface area (Å²) in [6.45, 7) is 1.84. The van der Waals surface area contributed by atoms with E-state index >= 15 is 0 Å². The summed E-state index contributed by atoms with van der Waals surface area (Å²) >= 11 is 0. The molecule has 5 heterocycles. The monoisotopic (exact) mass is 835 g/mol. The molecule has 1 N–H and O–H groups in total. The smallest absolute Gasteiger partial charge is 0.261 e. The van der Waals surface area contributed by atoms with Gasteiger partial charge in [-0.2, -0.15) is 0 Å². The van der Waals surface area contributed by atoms with E-state index in [1.807, 2.05) is 71.6 Å². The molecule has 318 valence electrons. The first-order chi connectivity index (χ1) is 30.3. The first kappa shape index (κ1) is 39.6. The number of fused-ring (bicyclic) bond motifs is 8. The van der Waals surface area contributed by atoms with Crippen molar-refractivity contribution < 1.29 is 38.0 Å². The number of ether oxygens (including phenoxy) is 6. The number of likely N-dealkylation sites (N-methyl/N-ethyl adjacent to an activating group) is 1. The van der Waals surface area contributed by atoms with Crippen molar-refractivity contribution in [3.05, 3.63) is 124 Å². The van der Waals surface area contributed by atoms with Crippen molar-refractivity contribution >= 4 is 46.5 Å². The number of nitrogens with one attached hydrogen (secondary N) is 1. The average molecular weight is 836 g/mol. The van der Waals surface area contributed by atoms with Crippen LogP contribution in [0.25, 0.3) is 0 Å². The Morgan fingerprint density at radius 2 is 1.37 bits per heavy atom. The maximum atomic E-state index is 14.2. The molecule has 0 aromatic heterocycles. The van der Waals surface area contributed by atoms with E-state index in [9.17, 15) is 9.59 Å². The van der Waals surface area contributed by atoms with Crippen LogP contribution in [0.15, 0.2) is 96.0 Å². The summed E-state index contributed by atoms with van der Waals surface area (Å²) in [5.74, 6) is 1.76. The van der Waals surface area contributed by atoms with E-state index in [4.69, 9.17) is 33.4 Å². The second kappa shape index (κ2) is 16.4. The molecule has 1 fully saturated rings. The number of methoxy groups -OCH3 is 3. The summed E-state index contributed by atoms with van der Waals surface area (Å²) in [5, 5.41) is 3.58. The zero-order chi connectivity index (χ0) is 42.5. The fourth-order valence-corrected chi connectivity index (χ4v) is 9.35. The molecule has 2 unspecified atom stereocenters. The summed E-state index contributed by atoms with van der Waals surface area (Å²) in [4.78, 5) is 38.8. The van der Waals surface area contributed by atoms with Gasteiger partial charge in [-0.25, -0.2) is 0 Å². The van der Waals surface area contributed by atoms with Gasteiger partial charge >= 0.3 is 0 Å². The molecule has 5 aliphatic rings. The lowest BCUT2D eigenvalue weighted by Crippen LogP contribution is -2.41. The number of benzene rings is 5. The molecule has 10 rings (SSSR count). The van der Waals surface area contributed by atoms with E-state index < -0.39 is 0 Å². The van der Waals surface area contributed by atoms with Gasteiger partial charge in [-0.1, -0.05) is 36.4 Å². The number of amides is 2. The third kappa shape index (κ3) is 7.34. The minimum absolute atomic E-state index is 0.0265. The van der Waals surface area contributed by atoms with Gasteiger partial charge in [0, 0.05) is 69.1 Å². The number of carbonyl (C=O) groups is 2. The number of carbonyl (C=O) groups excluding carboxylic acids is 2. The number of hydrogen-bond acceptors (Lipinski definition) is 11. The van der Waals surface area contributed by atoms with Crippen molar-refractivity contribution in [3.8, 4) is 23.0 Å². The summed E-state index contributed by atoms with van der Waals surface area (Å²) in [6, 6.07) is 29.4. The van der Waals surface area contributed by atoms with Crippen LogP contribution in [0.3, 0.4) is 0 Å². The first-order valence-corrected chi connectivity index (χ1v) is 21.1. The maximum Gasteiger partial charge on any atom is 0.261 e. The molecular weight excluding hydrogens is 787 g/mol. The molecule has 0 saturated carbocycles. The summed E-state index contributed by atoms with van der Waals surface area (Å²) in [5.41, 5.74) is 9.25. The van der Waals surface area contributed by atoms with Crippen molar-refractivity contribution in [1.29, 1.82) is 0 Å². The standard InChI is InChI=1S/C49H49N5O8/c1-52-26-35-20-32-11-6-8-13-40(32)54(35)48(56)37-22-44(58-3)46(24-41(37)52)61-28-30-16-29(17-33(18-30)50-15-9-14-42-49(59-4)62-42)27-60-45-23-38-36(21-43(45)57-2)47(55)53-34(25-51-38)19-31-10-5-7-12-39(31)53/h5-8,10-13,16-18,21-25,34-35,42,49-50H,9,14-15,19-20,26-28H2,1-4H3/t34-,35-,42?,49?/m0/s1. The third-order valence-corrected chi connectivity index (χ3v) is 12.4. The summed E-state index contributed by atoms with van der Waals surface area (Å²) in [7, 11) is 6.85. The first-order valence-electron chi connectivity index (χ1n) is 21.1. The fourth-order valence-electron chi connectivity index (χ4n) is 9.35. The topological polar surface area (TPSA) is 127 Å². The van der Waals surface area contributed by atoms with Crippen LogP contribution in [0.1, 0.15) is 55.8 Å². The molecule has 0 bridgehead atoms. The van der Waals surface area contributed by atoms with Crippen LogP contribution in [-0.2, 0) is 35.5 Å². The molecule has 5 aliphatic heterocycles. The molecule has 4 atom stereocenters. The highest BCUT2D eigenvalue weighted by Crippen LogP contribution is 2.44. The van der Waals surface area contributed by atoms with E-state index in [1.54, 1.807) is 39.5 Å². The fraction of sp³-hybridized carbons (Fsp3) is 0.327. The van der Waals surface area contributed by atoms with Crippen molar-refractivity contribution in [2.75, 3.05) is 61.5 Å². The second-order valence-electron chi connectivity index (χ2n) is 16.4. The summed E-state index contributed by atoms with van der Waals surface area (Å²) < 4.78 is 35.5. The molecule has 0 spiro atoms. The molecule has 2 amide bonds. The molecule has 0 aliphatic carbocycles. The van der Waals surface area contributed by atoms with Crippen LogP contribution in [0, 0.1) is 0 Å². The Hall–Kier alpha value is -6.57. The number of nitrogens with zero attached hydrogens (tertiary/aromatic N) is 4. The van der Waals surface area contributed by atoms with Crippen molar-refractivity contribution in [2.24, 2.45) is 4.99 Å². The Morgan fingerprint density at radius 3 is 2.06 bits per heavy atom. The lowest BCUT2D eigenvalue weighted by molar-refractivity contribution is 0.0949. The molecule has 13 heteroatoms. The van der Waals surface area contributed by atoms with Gasteiger partial charge in [-0.15, -0.1) is 0 Å². The number of para-hydroxylation sites is 2. The van der Waals surface area contributed by atoms with Gasteiger partial charge in [-0.3, -0.25) is 19.5 Å². The minimum Gasteiger partial charge on any atom is -0.493 e. The van der Waals surface area contributed by atoms with Gasteiger partial charge in [0.05, 0.1) is 48.8 Å². The number of epoxide rings is 1. The maximum absolute atomic E-state index is 14.2. The number of aliphatic imine (C=N–C) groups is 1. The van der Waals surface area contributed by atoms with Crippen LogP contribution < -0.4 is 39.0 Å². The van der Waals surface area contributed by atoms with Gasteiger partial charge in [0.25, 0.3) is 11.8 Å². The van der Waals surface area contributed by atoms with Gasteiger partial charge in [0.2, 0.25) is 0 Å². The predicted octanol–water partition coefficient (Wildman–Crippen LogP) is 7.73. The Balaban J connectivity index is 0.895. The van der Waals surface area contributed by atoms with E-state index in [2.05, 4.69) is 34.5 Å². The van der Waals surface area contributed by atoms with E-state index in [-0.39, 0.29) is 49.5 Å². The normalized spacial score (nSPS) is 20.3. The van der Waals surface area contributed by atoms with E-state index in [1.165, 1.54) is 5.56 Å². The van der Waals surface area contributed by atoms with Crippen LogP contribution >= 0.6 is 0 Å². The minimum atomic E-state index is -0.165. The van der Waals surface area contributed by atoms with Crippen LogP contribution in [0.2, 0.25) is 0 Å². The third-order valence-electron chi connectivity index (χ3n) is 12.4. The molecular formula is C49H49N5O8. The van der Waals surface area contributed by atoms with Gasteiger partial charge in [0.1, 0.15) is 19.3 Å². The molecule has 62 heavy (non-hydrogen) atoms. The zero-order valence-corrected chi connectivity index (χ0v) is 35.3. The lowest BCUT2D eigenvalue weighted by Gasteiger charge is -2.25. The van der Waals surface area contributed by atoms with Crippen molar-refractivity contribution in [1.82, 2.24) is 0 Å². The Morgan fingerprint density at radius 1 is 0.726 bits per heavy atom. The van der Waals surface area contributed by atoms with Crippen molar-refractivity contribution in [3.63, 3.8) is 0 Å². The SMILES string of the molecule is COc1cc2c(cc1OCc1cc(COc3cc4c(cc3OC)C(=O)N3c5ccccc5C[C@H]3CN4C)cc(NCCCC3OC3OC)c1)N=C[C@@H]1Cc3ccccc3N1C2=O. The molecule has 5 aromatic carbocycles. The number of anilines is 4. The van der Waals surface area contributed by atoms with Crippen LogP contribution in [0.5, 0.6) is 23.0 Å². The van der Waals surface area contributed by atoms with Crippen molar-refractivity contribution in [2.45, 2.75) is 63.4 Å². The number of rotatable bonds is 14. The largest absolute Gasteiger partial charge is 0.493 e. The Bertz CT molecular complexity index is 2600. The van der Waals surface area contributed by atoms with Gasteiger partial charge in [-0.05, 0) is 84.0 Å². The molecule has 1 saturated heterocycles. The average Bonchev–Trinajstić information content (AvgIpc) is 3.88. The molecule has 0 radical (unpaired) electrons. The zero-order valence-electron chi connectivity index (χ0n) is 35.3.